The summed E-state index contributed by atoms with van der Waals surface area (Å²) in [6.45, 7) is 4.53. The number of amides is 3. The van der Waals surface area contributed by atoms with Gasteiger partial charge in [-0.15, -0.1) is 0 Å². The van der Waals surface area contributed by atoms with Crippen molar-refractivity contribution in [2.75, 3.05) is 11.9 Å². The van der Waals surface area contributed by atoms with E-state index in [1.807, 2.05) is 54.6 Å². The third kappa shape index (κ3) is 2.92. The summed E-state index contributed by atoms with van der Waals surface area (Å²) in [5.74, 6) is -1.55. The number of carbonyl (C=O) groups is 3. The maximum Gasteiger partial charge on any atom is 0.250 e. The maximum atomic E-state index is 13.7. The van der Waals surface area contributed by atoms with Crippen LogP contribution in [-0.4, -0.2) is 35.2 Å². The van der Waals surface area contributed by atoms with E-state index in [-0.39, 0.29) is 23.8 Å². The molecule has 2 fully saturated rings. The molecule has 1 spiro atoms. The monoisotopic (exact) mass is 417 g/mol. The summed E-state index contributed by atoms with van der Waals surface area (Å²) in [5.41, 5.74) is 1.38. The SMILES string of the molecule is CC(C)C[C@H]1N[C@]2(C(=O)Nc3ccccc32)[C@@H]2C(=O)N(CCc3ccccc3)C(=O)[C@@H]21. The van der Waals surface area contributed by atoms with Gasteiger partial charge in [0.1, 0.15) is 5.54 Å². The van der Waals surface area contributed by atoms with Crippen LogP contribution >= 0.6 is 0 Å². The van der Waals surface area contributed by atoms with Gasteiger partial charge in [0.25, 0.3) is 0 Å². The van der Waals surface area contributed by atoms with E-state index in [4.69, 9.17) is 0 Å². The summed E-state index contributed by atoms with van der Waals surface area (Å²) in [5, 5.41) is 6.42. The number of hydrogen-bond donors (Lipinski definition) is 2. The van der Waals surface area contributed by atoms with Gasteiger partial charge in [-0.1, -0.05) is 62.4 Å². The summed E-state index contributed by atoms with van der Waals surface area (Å²) < 4.78 is 0. The van der Waals surface area contributed by atoms with E-state index in [1.165, 1.54) is 4.90 Å². The minimum Gasteiger partial charge on any atom is -0.324 e. The third-order valence-corrected chi connectivity index (χ3v) is 6.91. The predicted octanol–water partition coefficient (Wildman–Crippen LogP) is 2.70. The van der Waals surface area contributed by atoms with E-state index in [2.05, 4.69) is 24.5 Å². The molecule has 160 valence electrons. The van der Waals surface area contributed by atoms with Crippen LogP contribution in [0.2, 0.25) is 0 Å². The van der Waals surface area contributed by atoms with Crippen LogP contribution in [0.25, 0.3) is 0 Å². The van der Waals surface area contributed by atoms with Gasteiger partial charge in [0.15, 0.2) is 0 Å². The molecule has 3 aliphatic rings. The van der Waals surface area contributed by atoms with E-state index in [0.717, 1.165) is 17.5 Å². The summed E-state index contributed by atoms with van der Waals surface area (Å²) in [4.78, 5) is 41.9. The minimum atomic E-state index is -1.19. The van der Waals surface area contributed by atoms with E-state index < -0.39 is 17.4 Å². The number of carbonyl (C=O) groups excluding carboxylic acids is 3. The third-order valence-electron chi connectivity index (χ3n) is 6.91. The number of likely N-dealkylation sites (tertiary alicyclic amines) is 1. The smallest absolute Gasteiger partial charge is 0.250 e. The summed E-state index contributed by atoms with van der Waals surface area (Å²) in [6.07, 6.45) is 1.33. The van der Waals surface area contributed by atoms with Crippen molar-refractivity contribution in [2.24, 2.45) is 17.8 Å². The van der Waals surface area contributed by atoms with Crippen molar-refractivity contribution in [2.45, 2.75) is 38.3 Å². The van der Waals surface area contributed by atoms with Gasteiger partial charge in [-0.3, -0.25) is 24.6 Å². The Morgan fingerprint density at radius 2 is 1.68 bits per heavy atom. The van der Waals surface area contributed by atoms with Crippen LogP contribution in [0.1, 0.15) is 31.4 Å². The number of rotatable bonds is 5. The number of benzene rings is 2. The van der Waals surface area contributed by atoms with E-state index >= 15 is 0 Å². The largest absolute Gasteiger partial charge is 0.324 e. The van der Waals surface area contributed by atoms with Crippen LogP contribution in [0.15, 0.2) is 54.6 Å². The average Bonchev–Trinajstić information content (AvgIpc) is 3.32. The molecular weight excluding hydrogens is 390 g/mol. The van der Waals surface area contributed by atoms with Gasteiger partial charge in [-0.2, -0.15) is 0 Å². The number of nitrogens with zero attached hydrogens (tertiary/aromatic N) is 1. The molecule has 0 unspecified atom stereocenters. The standard InChI is InChI=1S/C25H27N3O3/c1-15(2)14-19-20-21(25(27-19)17-10-6-7-11-18(17)26-24(25)31)23(30)28(22(20)29)13-12-16-8-4-3-5-9-16/h3-11,15,19-21,27H,12-14H2,1-2H3,(H,26,31)/t19-,20-,21+,25+/m1/s1. The Balaban J connectivity index is 1.53. The highest BCUT2D eigenvalue weighted by molar-refractivity contribution is 6.15. The van der Waals surface area contributed by atoms with Gasteiger partial charge >= 0.3 is 0 Å². The summed E-state index contributed by atoms with van der Waals surface area (Å²) >= 11 is 0. The molecule has 0 aliphatic carbocycles. The molecule has 2 aromatic carbocycles. The van der Waals surface area contributed by atoms with Crippen molar-refractivity contribution in [3.05, 3.63) is 65.7 Å². The number of fused-ring (bicyclic) bond motifs is 4. The van der Waals surface area contributed by atoms with Crippen molar-refractivity contribution < 1.29 is 14.4 Å². The predicted molar refractivity (Wildman–Crippen MR) is 117 cm³/mol. The molecular formula is C25H27N3O3. The molecule has 2 saturated heterocycles. The number of anilines is 1. The van der Waals surface area contributed by atoms with E-state index in [9.17, 15) is 14.4 Å². The minimum absolute atomic E-state index is 0.155. The lowest BCUT2D eigenvalue weighted by atomic mass is 9.76. The normalized spacial score (nSPS) is 29.1. The average molecular weight is 418 g/mol. The first kappa shape index (κ1) is 19.9. The Morgan fingerprint density at radius 3 is 2.42 bits per heavy atom. The van der Waals surface area contributed by atoms with Crippen LogP contribution in [-0.2, 0) is 26.3 Å². The van der Waals surface area contributed by atoms with Crippen molar-refractivity contribution in [1.29, 1.82) is 0 Å². The zero-order valence-electron chi connectivity index (χ0n) is 17.8. The Kier molecular flexibility index (Phi) is 4.70. The van der Waals surface area contributed by atoms with Gasteiger partial charge in [-0.05, 0) is 30.4 Å². The first-order valence-electron chi connectivity index (χ1n) is 11.0. The van der Waals surface area contributed by atoms with Gasteiger partial charge in [0, 0.05) is 23.8 Å². The molecule has 2 aromatic rings. The second kappa shape index (κ2) is 7.31. The highest BCUT2D eigenvalue weighted by Gasteiger charge is 2.70. The van der Waals surface area contributed by atoms with Gasteiger partial charge in [0.05, 0.1) is 11.8 Å². The second-order valence-electron chi connectivity index (χ2n) is 9.26. The molecule has 4 atom stereocenters. The fraction of sp³-hybridized carbons (Fsp3) is 0.400. The fourth-order valence-corrected chi connectivity index (χ4v) is 5.63. The van der Waals surface area contributed by atoms with Crippen LogP contribution in [0.3, 0.4) is 0 Å². The lowest BCUT2D eigenvalue weighted by molar-refractivity contribution is -0.142. The second-order valence-corrected chi connectivity index (χ2v) is 9.26. The van der Waals surface area contributed by atoms with Gasteiger partial charge in [-0.25, -0.2) is 0 Å². The molecule has 3 aliphatic heterocycles. The fourth-order valence-electron chi connectivity index (χ4n) is 5.63. The quantitative estimate of drug-likeness (QED) is 0.734. The Hall–Kier alpha value is -2.99. The molecule has 0 radical (unpaired) electrons. The topological polar surface area (TPSA) is 78.5 Å². The maximum absolute atomic E-state index is 13.7. The highest BCUT2D eigenvalue weighted by Crippen LogP contribution is 2.53. The lowest BCUT2D eigenvalue weighted by Gasteiger charge is -2.29. The van der Waals surface area contributed by atoms with Gasteiger partial charge < -0.3 is 5.32 Å². The zero-order valence-corrected chi connectivity index (χ0v) is 17.8. The van der Waals surface area contributed by atoms with Crippen molar-refractivity contribution >= 4 is 23.4 Å². The molecule has 0 bridgehead atoms. The van der Waals surface area contributed by atoms with E-state index in [1.54, 1.807) is 0 Å². The number of imide groups is 1. The van der Waals surface area contributed by atoms with Crippen molar-refractivity contribution in [3.8, 4) is 0 Å². The van der Waals surface area contributed by atoms with Crippen molar-refractivity contribution in [1.82, 2.24) is 10.2 Å². The van der Waals surface area contributed by atoms with Crippen LogP contribution < -0.4 is 10.6 Å². The van der Waals surface area contributed by atoms with Gasteiger partial charge in [0.2, 0.25) is 17.7 Å². The van der Waals surface area contributed by atoms with Crippen LogP contribution in [0.5, 0.6) is 0 Å². The van der Waals surface area contributed by atoms with Crippen molar-refractivity contribution in [3.63, 3.8) is 0 Å². The van der Waals surface area contributed by atoms with Crippen LogP contribution in [0, 0.1) is 17.8 Å². The molecule has 3 amide bonds. The lowest BCUT2D eigenvalue weighted by Crippen LogP contribution is -2.53. The molecule has 0 aromatic heterocycles. The summed E-state index contributed by atoms with van der Waals surface area (Å²) in [7, 11) is 0. The highest BCUT2D eigenvalue weighted by atomic mass is 16.2. The first-order valence-corrected chi connectivity index (χ1v) is 11.0. The first-order chi connectivity index (χ1) is 14.9. The van der Waals surface area contributed by atoms with Crippen LogP contribution in [0.4, 0.5) is 5.69 Å². The number of hydrogen-bond acceptors (Lipinski definition) is 4. The molecule has 3 heterocycles. The molecule has 6 nitrogen and oxygen atoms in total. The molecule has 31 heavy (non-hydrogen) atoms. The Labute approximate surface area is 182 Å². The Bertz CT molecular complexity index is 1050. The number of nitrogens with one attached hydrogen (secondary N) is 2. The molecule has 2 N–H and O–H groups in total. The summed E-state index contributed by atoms with van der Waals surface area (Å²) in [6, 6.07) is 17.1. The zero-order chi connectivity index (χ0) is 21.8. The Morgan fingerprint density at radius 1 is 0.968 bits per heavy atom. The van der Waals surface area contributed by atoms with E-state index in [0.29, 0.717) is 24.6 Å². The molecule has 0 saturated carbocycles. The molecule has 5 rings (SSSR count). The number of para-hydroxylation sites is 1. The molecule has 6 heteroatoms.